The summed E-state index contributed by atoms with van der Waals surface area (Å²) in [5.41, 5.74) is 3.91. The van der Waals surface area contributed by atoms with E-state index in [2.05, 4.69) is 11.1 Å². The number of aryl methyl sites for hydroxylation is 2. The van der Waals surface area contributed by atoms with Crippen LogP contribution in [0.2, 0.25) is 0 Å². The van der Waals surface area contributed by atoms with Gasteiger partial charge < -0.3 is 4.57 Å². The van der Waals surface area contributed by atoms with Crippen molar-refractivity contribution in [3.8, 4) is 11.1 Å². The van der Waals surface area contributed by atoms with E-state index < -0.39 is 0 Å². The second-order valence-corrected chi connectivity index (χ2v) is 4.74. The average Bonchev–Trinajstić information content (AvgIpc) is 2.44. The fraction of sp³-hybridized carbons (Fsp3) is 0.125. The first kappa shape index (κ1) is 11.7. The van der Waals surface area contributed by atoms with E-state index in [-0.39, 0.29) is 5.56 Å². The van der Waals surface area contributed by atoms with Crippen LogP contribution in [0, 0.1) is 6.92 Å². The SMILES string of the molecule is Cc1cc(-c2ccccc2)c2ncn(C)c(=O)c2c1. The third-order valence-corrected chi connectivity index (χ3v) is 3.25. The van der Waals surface area contributed by atoms with Crippen molar-refractivity contribution >= 4 is 10.9 Å². The lowest BCUT2D eigenvalue weighted by molar-refractivity contribution is 0.843. The van der Waals surface area contributed by atoms with Crippen LogP contribution in [-0.2, 0) is 7.05 Å². The van der Waals surface area contributed by atoms with Gasteiger partial charge in [0.1, 0.15) is 0 Å². The van der Waals surface area contributed by atoms with Crippen LogP contribution in [-0.4, -0.2) is 9.55 Å². The molecule has 1 aromatic heterocycles. The number of hydrogen-bond acceptors (Lipinski definition) is 2. The Morgan fingerprint density at radius 2 is 1.84 bits per heavy atom. The van der Waals surface area contributed by atoms with Crippen LogP contribution in [0.1, 0.15) is 5.56 Å². The van der Waals surface area contributed by atoms with Crippen molar-refractivity contribution in [3.63, 3.8) is 0 Å². The Labute approximate surface area is 111 Å². The smallest absolute Gasteiger partial charge is 0.260 e. The minimum Gasteiger partial charge on any atom is -0.302 e. The summed E-state index contributed by atoms with van der Waals surface area (Å²) in [4.78, 5) is 16.6. The van der Waals surface area contributed by atoms with Gasteiger partial charge in [-0.1, -0.05) is 30.3 Å². The highest BCUT2D eigenvalue weighted by molar-refractivity contribution is 5.93. The average molecular weight is 250 g/mol. The molecule has 2 aromatic carbocycles. The highest BCUT2D eigenvalue weighted by atomic mass is 16.1. The van der Waals surface area contributed by atoms with E-state index in [9.17, 15) is 4.79 Å². The van der Waals surface area contributed by atoms with E-state index in [1.165, 1.54) is 4.57 Å². The minimum absolute atomic E-state index is 0.00844. The maximum Gasteiger partial charge on any atom is 0.260 e. The molecule has 0 saturated heterocycles. The second kappa shape index (κ2) is 4.35. The molecule has 0 amide bonds. The summed E-state index contributed by atoms with van der Waals surface area (Å²) in [5, 5.41) is 0.670. The van der Waals surface area contributed by atoms with Crippen molar-refractivity contribution in [1.82, 2.24) is 9.55 Å². The number of benzene rings is 2. The molecular weight excluding hydrogens is 236 g/mol. The van der Waals surface area contributed by atoms with Crippen LogP contribution in [0.3, 0.4) is 0 Å². The largest absolute Gasteiger partial charge is 0.302 e. The zero-order valence-electron chi connectivity index (χ0n) is 10.9. The molecule has 3 aromatic rings. The third kappa shape index (κ3) is 1.93. The topological polar surface area (TPSA) is 34.9 Å². The Hall–Kier alpha value is -2.42. The van der Waals surface area contributed by atoms with Gasteiger partial charge >= 0.3 is 0 Å². The molecular formula is C16H14N2O. The van der Waals surface area contributed by atoms with Crippen molar-refractivity contribution in [1.29, 1.82) is 0 Å². The molecule has 0 unspecified atom stereocenters. The van der Waals surface area contributed by atoms with E-state index in [4.69, 9.17) is 0 Å². The predicted octanol–water partition coefficient (Wildman–Crippen LogP) is 2.91. The molecule has 0 atom stereocenters. The molecule has 0 fully saturated rings. The van der Waals surface area contributed by atoms with E-state index in [0.717, 1.165) is 22.2 Å². The summed E-state index contributed by atoms with van der Waals surface area (Å²) < 4.78 is 1.51. The minimum atomic E-state index is -0.00844. The van der Waals surface area contributed by atoms with Crippen molar-refractivity contribution in [2.75, 3.05) is 0 Å². The van der Waals surface area contributed by atoms with Gasteiger partial charge in [-0.2, -0.15) is 0 Å². The molecule has 1 heterocycles. The van der Waals surface area contributed by atoms with E-state index in [0.29, 0.717) is 5.39 Å². The van der Waals surface area contributed by atoms with Crippen LogP contribution in [0.5, 0.6) is 0 Å². The Morgan fingerprint density at radius 3 is 2.58 bits per heavy atom. The van der Waals surface area contributed by atoms with Gasteiger partial charge in [-0.15, -0.1) is 0 Å². The Bertz CT molecular complexity index is 804. The summed E-state index contributed by atoms with van der Waals surface area (Å²) in [7, 11) is 1.72. The van der Waals surface area contributed by atoms with E-state index in [1.54, 1.807) is 13.4 Å². The van der Waals surface area contributed by atoms with Crippen molar-refractivity contribution < 1.29 is 0 Å². The van der Waals surface area contributed by atoms with Crippen molar-refractivity contribution in [2.45, 2.75) is 6.92 Å². The molecule has 0 saturated carbocycles. The zero-order chi connectivity index (χ0) is 13.4. The normalized spacial score (nSPS) is 10.8. The number of aromatic nitrogens is 2. The highest BCUT2D eigenvalue weighted by Crippen LogP contribution is 2.26. The Morgan fingerprint density at radius 1 is 1.11 bits per heavy atom. The molecule has 0 aliphatic rings. The Kier molecular flexibility index (Phi) is 2.67. The maximum absolute atomic E-state index is 12.2. The van der Waals surface area contributed by atoms with Gasteiger partial charge in [0, 0.05) is 12.6 Å². The molecule has 0 radical (unpaired) electrons. The zero-order valence-corrected chi connectivity index (χ0v) is 10.9. The van der Waals surface area contributed by atoms with Crippen LogP contribution in [0.15, 0.2) is 53.6 Å². The summed E-state index contributed by atoms with van der Waals surface area (Å²) >= 11 is 0. The molecule has 3 rings (SSSR count). The van der Waals surface area contributed by atoms with Crippen molar-refractivity contribution in [2.24, 2.45) is 7.05 Å². The van der Waals surface area contributed by atoms with Crippen molar-refractivity contribution in [3.05, 3.63) is 64.7 Å². The van der Waals surface area contributed by atoms with Crippen LogP contribution < -0.4 is 5.56 Å². The second-order valence-electron chi connectivity index (χ2n) is 4.74. The molecule has 0 aliphatic carbocycles. The highest BCUT2D eigenvalue weighted by Gasteiger charge is 2.09. The van der Waals surface area contributed by atoms with Gasteiger partial charge in [-0.25, -0.2) is 4.98 Å². The molecule has 3 nitrogen and oxygen atoms in total. The molecule has 0 aliphatic heterocycles. The molecule has 3 heteroatoms. The van der Waals surface area contributed by atoms with Gasteiger partial charge in [0.25, 0.3) is 5.56 Å². The molecule has 0 bridgehead atoms. The van der Waals surface area contributed by atoms with Gasteiger partial charge in [-0.05, 0) is 30.2 Å². The van der Waals surface area contributed by atoms with Gasteiger partial charge in [0.2, 0.25) is 0 Å². The molecule has 19 heavy (non-hydrogen) atoms. The van der Waals surface area contributed by atoms with Crippen LogP contribution in [0.4, 0.5) is 0 Å². The lowest BCUT2D eigenvalue weighted by atomic mass is 10.00. The lowest BCUT2D eigenvalue weighted by Crippen LogP contribution is -2.17. The Balaban J connectivity index is 2.44. The van der Waals surface area contributed by atoms with Gasteiger partial charge in [-0.3, -0.25) is 4.79 Å². The molecule has 0 spiro atoms. The first-order chi connectivity index (χ1) is 9.16. The van der Waals surface area contributed by atoms with Gasteiger partial charge in [0.05, 0.1) is 17.2 Å². The summed E-state index contributed by atoms with van der Waals surface area (Å²) in [5.74, 6) is 0. The number of nitrogens with zero attached hydrogens (tertiary/aromatic N) is 2. The van der Waals surface area contributed by atoms with E-state index in [1.807, 2.05) is 43.3 Å². The fourth-order valence-corrected chi connectivity index (χ4v) is 2.31. The quantitative estimate of drug-likeness (QED) is 0.665. The van der Waals surface area contributed by atoms with Gasteiger partial charge in [0.15, 0.2) is 0 Å². The number of fused-ring (bicyclic) bond motifs is 1. The molecule has 0 N–H and O–H groups in total. The third-order valence-electron chi connectivity index (χ3n) is 3.25. The van der Waals surface area contributed by atoms with Crippen LogP contribution in [0.25, 0.3) is 22.0 Å². The molecule has 94 valence electrons. The summed E-state index contributed by atoms with van der Waals surface area (Å²) in [6, 6.07) is 14.0. The van der Waals surface area contributed by atoms with E-state index >= 15 is 0 Å². The van der Waals surface area contributed by atoms with Crippen LogP contribution >= 0.6 is 0 Å². The summed E-state index contributed by atoms with van der Waals surface area (Å²) in [6.45, 7) is 2.00. The number of hydrogen-bond donors (Lipinski definition) is 0. The predicted molar refractivity (Wildman–Crippen MR) is 77.2 cm³/mol. The monoisotopic (exact) mass is 250 g/mol. The lowest BCUT2D eigenvalue weighted by Gasteiger charge is -2.08. The number of rotatable bonds is 1. The first-order valence-electron chi connectivity index (χ1n) is 6.18. The fourth-order valence-electron chi connectivity index (χ4n) is 2.31. The maximum atomic E-state index is 12.2. The first-order valence-corrected chi connectivity index (χ1v) is 6.18. The standard InChI is InChI=1S/C16H14N2O/c1-11-8-13(12-6-4-3-5-7-12)15-14(9-11)16(19)18(2)10-17-15/h3-10H,1-2H3. The summed E-state index contributed by atoms with van der Waals surface area (Å²) in [6.07, 6.45) is 1.58.